The summed E-state index contributed by atoms with van der Waals surface area (Å²) >= 11 is 0. The summed E-state index contributed by atoms with van der Waals surface area (Å²) in [6.45, 7) is 1.10. The van der Waals surface area contributed by atoms with E-state index in [-0.39, 0.29) is 12.8 Å². The van der Waals surface area contributed by atoms with Gasteiger partial charge in [-0.1, -0.05) is 0 Å². The first-order valence-corrected chi connectivity index (χ1v) is 8.74. The van der Waals surface area contributed by atoms with Crippen molar-refractivity contribution in [1.82, 2.24) is 4.90 Å². The lowest BCUT2D eigenvalue weighted by Crippen LogP contribution is -2.38. The van der Waals surface area contributed by atoms with Crippen LogP contribution in [-0.4, -0.2) is 44.6 Å². The normalized spacial score (nSPS) is 22.6. The number of aliphatic hydroxyl groups excluding tert-OH is 1. The Morgan fingerprint density at radius 1 is 1.12 bits per heavy atom. The minimum absolute atomic E-state index is 0.117. The monoisotopic (exact) mass is 355 g/mol. The second-order valence-corrected chi connectivity index (χ2v) is 6.97. The van der Waals surface area contributed by atoms with E-state index >= 15 is 0 Å². The maximum Gasteiger partial charge on any atom is 0.231 e. The van der Waals surface area contributed by atoms with Gasteiger partial charge in [-0.25, -0.2) is 0 Å². The van der Waals surface area contributed by atoms with E-state index in [2.05, 4.69) is 18.0 Å². The van der Waals surface area contributed by atoms with E-state index in [1.165, 1.54) is 5.56 Å². The van der Waals surface area contributed by atoms with Crippen LogP contribution in [0.15, 0.2) is 18.2 Å². The first-order valence-electron chi connectivity index (χ1n) is 8.74. The molecule has 2 aliphatic heterocycles. The summed E-state index contributed by atoms with van der Waals surface area (Å²) in [5, 5.41) is 11.2. The van der Waals surface area contributed by atoms with Gasteiger partial charge in [0.2, 0.25) is 6.79 Å². The number of hydrogen-bond acceptors (Lipinski definition) is 6. The van der Waals surface area contributed by atoms with Crippen LogP contribution >= 0.6 is 0 Å². The second-order valence-electron chi connectivity index (χ2n) is 6.97. The molecule has 5 rings (SSSR count). The fourth-order valence-electron chi connectivity index (χ4n) is 4.50. The summed E-state index contributed by atoms with van der Waals surface area (Å²) in [5.41, 5.74) is 5.10. The lowest BCUT2D eigenvalue weighted by Gasteiger charge is -2.42. The van der Waals surface area contributed by atoms with E-state index < -0.39 is 6.10 Å². The fraction of sp³-hybridized carbons (Fsp3) is 0.400. The molecule has 2 heterocycles. The van der Waals surface area contributed by atoms with Crippen molar-refractivity contribution in [2.45, 2.75) is 18.6 Å². The maximum absolute atomic E-state index is 11.2. The molecule has 2 aromatic carbocycles. The van der Waals surface area contributed by atoms with E-state index in [0.717, 1.165) is 46.7 Å². The average molecular weight is 355 g/mol. The van der Waals surface area contributed by atoms with Crippen molar-refractivity contribution in [3.05, 3.63) is 34.9 Å². The van der Waals surface area contributed by atoms with Crippen LogP contribution in [0.4, 0.5) is 0 Å². The molecule has 6 nitrogen and oxygen atoms in total. The Kier molecular flexibility index (Phi) is 3.36. The van der Waals surface area contributed by atoms with Crippen LogP contribution in [0.2, 0.25) is 0 Å². The van der Waals surface area contributed by atoms with Gasteiger partial charge in [0.25, 0.3) is 0 Å². The second kappa shape index (κ2) is 5.53. The first-order chi connectivity index (χ1) is 12.6. The number of benzene rings is 2. The molecule has 6 heteroatoms. The van der Waals surface area contributed by atoms with Crippen molar-refractivity contribution in [3.63, 3.8) is 0 Å². The van der Waals surface area contributed by atoms with E-state index in [0.29, 0.717) is 11.5 Å². The molecule has 2 unspecified atom stereocenters. The van der Waals surface area contributed by atoms with E-state index in [1.54, 1.807) is 14.2 Å². The smallest absolute Gasteiger partial charge is 0.231 e. The number of fused-ring (bicyclic) bond motifs is 4. The predicted octanol–water partition coefficient (Wildman–Crippen LogP) is 2.68. The molecule has 26 heavy (non-hydrogen) atoms. The number of nitrogens with zero attached hydrogens (tertiary/aromatic N) is 1. The minimum atomic E-state index is -0.651. The molecule has 0 bridgehead atoms. The molecule has 136 valence electrons. The molecule has 0 amide bonds. The predicted molar refractivity (Wildman–Crippen MR) is 95.1 cm³/mol. The number of methoxy groups -OCH3 is 2. The molecule has 2 atom stereocenters. The molecule has 1 N–H and O–H groups in total. The summed E-state index contributed by atoms with van der Waals surface area (Å²) in [6, 6.07) is 5.76. The molecule has 0 saturated carbocycles. The van der Waals surface area contributed by atoms with Crippen LogP contribution in [0.3, 0.4) is 0 Å². The van der Waals surface area contributed by atoms with Crippen LogP contribution in [0.5, 0.6) is 23.0 Å². The highest BCUT2D eigenvalue weighted by molar-refractivity contribution is 5.85. The van der Waals surface area contributed by atoms with Crippen LogP contribution in [0.25, 0.3) is 11.1 Å². The highest BCUT2D eigenvalue weighted by atomic mass is 16.7. The van der Waals surface area contributed by atoms with Gasteiger partial charge in [-0.3, -0.25) is 4.90 Å². The van der Waals surface area contributed by atoms with Crippen LogP contribution < -0.4 is 18.9 Å². The fourth-order valence-corrected chi connectivity index (χ4v) is 4.50. The Bertz CT molecular complexity index is 910. The Morgan fingerprint density at radius 3 is 2.65 bits per heavy atom. The number of rotatable bonds is 2. The molecular formula is C20H21NO5. The van der Waals surface area contributed by atoms with Crippen LogP contribution in [-0.2, 0) is 6.42 Å². The van der Waals surface area contributed by atoms with E-state index in [4.69, 9.17) is 18.9 Å². The molecule has 0 aromatic heterocycles. The van der Waals surface area contributed by atoms with Gasteiger partial charge in [-0.05, 0) is 53.9 Å². The zero-order chi connectivity index (χ0) is 18.0. The van der Waals surface area contributed by atoms with Gasteiger partial charge in [0.05, 0.1) is 26.4 Å². The van der Waals surface area contributed by atoms with Gasteiger partial charge < -0.3 is 24.1 Å². The van der Waals surface area contributed by atoms with E-state index in [9.17, 15) is 5.11 Å². The zero-order valence-corrected chi connectivity index (χ0v) is 15.0. The molecule has 0 fully saturated rings. The quantitative estimate of drug-likeness (QED) is 0.894. The largest absolute Gasteiger partial charge is 0.493 e. The first kappa shape index (κ1) is 15.8. The van der Waals surface area contributed by atoms with Gasteiger partial charge in [0, 0.05) is 12.1 Å². The van der Waals surface area contributed by atoms with Gasteiger partial charge in [-0.15, -0.1) is 0 Å². The minimum Gasteiger partial charge on any atom is -0.493 e. The zero-order valence-electron chi connectivity index (χ0n) is 15.0. The Balaban J connectivity index is 1.87. The third-order valence-corrected chi connectivity index (χ3v) is 5.74. The Labute approximate surface area is 151 Å². The lowest BCUT2D eigenvalue weighted by atomic mass is 9.75. The average Bonchev–Trinajstić information content (AvgIpc) is 3.12. The third-order valence-electron chi connectivity index (χ3n) is 5.74. The van der Waals surface area contributed by atoms with Gasteiger partial charge in [0.1, 0.15) is 0 Å². The molecule has 3 aliphatic rings. The Hall–Kier alpha value is -2.44. The third kappa shape index (κ3) is 1.94. The van der Waals surface area contributed by atoms with Crippen molar-refractivity contribution in [3.8, 4) is 34.1 Å². The van der Waals surface area contributed by atoms with Gasteiger partial charge >= 0.3 is 0 Å². The number of aliphatic hydroxyl groups is 1. The number of likely N-dealkylation sites (N-methyl/N-ethyl adjacent to an activating group) is 1. The summed E-state index contributed by atoms with van der Waals surface area (Å²) in [5.74, 6) is 2.77. The van der Waals surface area contributed by atoms with Gasteiger partial charge in [0.15, 0.2) is 23.0 Å². The van der Waals surface area contributed by atoms with Crippen LogP contribution in [0, 0.1) is 0 Å². The summed E-state index contributed by atoms with van der Waals surface area (Å²) in [4.78, 5) is 2.21. The molecule has 0 radical (unpaired) electrons. The molecule has 1 aliphatic carbocycles. The van der Waals surface area contributed by atoms with Crippen LogP contribution in [0.1, 0.15) is 28.8 Å². The van der Waals surface area contributed by atoms with E-state index in [1.807, 2.05) is 12.1 Å². The van der Waals surface area contributed by atoms with Crippen molar-refractivity contribution in [1.29, 1.82) is 0 Å². The standard InChI is InChI=1S/C20H21NO5/c1-21-5-4-10-6-15-20(26-9-25-15)17-11-7-13(23-2)14(24-3)8-12(11)19(22)18(21)16(10)17/h6-8,18-19,22H,4-5,9H2,1-3H3. The molecular weight excluding hydrogens is 334 g/mol. The van der Waals surface area contributed by atoms with Gasteiger partial charge in [-0.2, -0.15) is 0 Å². The number of hydrogen-bond donors (Lipinski definition) is 1. The summed E-state index contributed by atoms with van der Waals surface area (Å²) < 4.78 is 22.5. The maximum atomic E-state index is 11.2. The van der Waals surface area contributed by atoms with Crippen molar-refractivity contribution >= 4 is 0 Å². The van der Waals surface area contributed by atoms with Crippen molar-refractivity contribution < 1.29 is 24.1 Å². The summed E-state index contributed by atoms with van der Waals surface area (Å²) in [7, 11) is 5.27. The number of ether oxygens (including phenoxy) is 4. The SMILES string of the molecule is COc1cc2c(cc1OC)C(O)C1c3c(cc4c(c3-2)OCO4)CCN1C. The summed E-state index contributed by atoms with van der Waals surface area (Å²) in [6.07, 6.45) is 0.267. The molecule has 0 spiro atoms. The highest BCUT2D eigenvalue weighted by Crippen LogP contribution is 2.57. The Morgan fingerprint density at radius 2 is 1.88 bits per heavy atom. The topological polar surface area (TPSA) is 60.4 Å². The van der Waals surface area contributed by atoms with Crippen molar-refractivity contribution in [2.24, 2.45) is 0 Å². The van der Waals surface area contributed by atoms with Crippen molar-refractivity contribution in [2.75, 3.05) is 34.6 Å². The molecule has 0 saturated heterocycles. The highest BCUT2D eigenvalue weighted by Gasteiger charge is 2.42. The lowest BCUT2D eigenvalue weighted by molar-refractivity contribution is 0.0541. The molecule has 2 aromatic rings.